The first-order valence-electron chi connectivity index (χ1n) is 10.1. The van der Waals surface area contributed by atoms with Gasteiger partial charge in [0.2, 0.25) is 15.7 Å². The van der Waals surface area contributed by atoms with E-state index in [1.54, 1.807) is 19.9 Å². The summed E-state index contributed by atoms with van der Waals surface area (Å²) in [5.74, 6) is 0.125. The maximum absolute atomic E-state index is 13.2. The summed E-state index contributed by atoms with van der Waals surface area (Å²) < 4.78 is 32.7. The zero-order valence-corrected chi connectivity index (χ0v) is 19.3. The van der Waals surface area contributed by atoms with E-state index in [1.165, 1.54) is 35.9 Å². The monoisotopic (exact) mass is 454 g/mol. The smallest absolute Gasteiger partial charge is 0.270 e. The molecule has 0 aliphatic carbocycles. The molecule has 0 saturated heterocycles. The quantitative estimate of drug-likeness (QED) is 0.592. The number of aryl methyl sites for hydroxylation is 3. The van der Waals surface area contributed by atoms with E-state index >= 15 is 0 Å². The van der Waals surface area contributed by atoms with E-state index in [-0.39, 0.29) is 22.2 Å². The number of methoxy groups -OCH3 is 1. The highest BCUT2D eigenvalue weighted by Crippen LogP contribution is 2.23. The van der Waals surface area contributed by atoms with Crippen LogP contribution < -0.4 is 15.6 Å². The number of hydrogen-bond donors (Lipinski definition) is 1. The first-order chi connectivity index (χ1) is 15.1. The molecule has 0 fully saturated rings. The molecule has 2 aromatic carbocycles. The second-order valence-corrected chi connectivity index (χ2v) is 9.52. The van der Waals surface area contributed by atoms with Crippen molar-refractivity contribution in [2.45, 2.75) is 43.7 Å². The van der Waals surface area contributed by atoms with Gasteiger partial charge in [0.25, 0.3) is 5.56 Å². The van der Waals surface area contributed by atoms with Gasteiger partial charge in [-0.2, -0.15) is 0 Å². The van der Waals surface area contributed by atoms with Crippen molar-refractivity contribution in [3.8, 4) is 5.75 Å². The topological polar surface area (TPSA) is 94.5 Å². The van der Waals surface area contributed by atoms with Gasteiger partial charge in [-0.15, -0.1) is 0 Å². The molecule has 0 saturated carbocycles. The van der Waals surface area contributed by atoms with E-state index in [0.29, 0.717) is 23.6 Å². The molecule has 0 aliphatic heterocycles. The number of aromatic nitrogens is 1. The number of rotatable bonds is 7. The number of pyridine rings is 1. The normalized spacial score (nSPS) is 11.2. The molecule has 8 heteroatoms. The fourth-order valence-electron chi connectivity index (χ4n) is 3.41. The Morgan fingerprint density at radius 3 is 2.22 bits per heavy atom. The standard InChI is InChI=1S/C24H26N2O5S/c1-16-5-7-19(8-6-16)14-25-22(27)15-26-18(3)13-17(2)23(24(26)28)32(29,30)21-11-9-20(31-4)10-12-21/h5-13H,14-15H2,1-4H3,(H,25,27). The van der Waals surface area contributed by atoms with Gasteiger partial charge in [0.05, 0.1) is 12.0 Å². The zero-order chi connectivity index (χ0) is 23.5. The molecule has 0 spiro atoms. The number of nitrogens with one attached hydrogen (secondary N) is 1. The number of carbonyl (C=O) groups excluding carboxylic acids is 1. The maximum atomic E-state index is 13.2. The predicted octanol–water partition coefficient (Wildman–Crippen LogP) is 2.93. The third-order valence-corrected chi connectivity index (χ3v) is 7.13. The summed E-state index contributed by atoms with van der Waals surface area (Å²) in [4.78, 5) is 25.3. The second kappa shape index (κ2) is 9.40. The average Bonchev–Trinajstić information content (AvgIpc) is 2.76. The number of ether oxygens (including phenoxy) is 1. The van der Waals surface area contributed by atoms with Gasteiger partial charge < -0.3 is 14.6 Å². The third kappa shape index (κ3) is 4.91. The summed E-state index contributed by atoms with van der Waals surface area (Å²) in [7, 11) is -2.60. The third-order valence-electron chi connectivity index (χ3n) is 5.20. The van der Waals surface area contributed by atoms with Crippen LogP contribution in [0.25, 0.3) is 0 Å². The van der Waals surface area contributed by atoms with E-state index < -0.39 is 15.4 Å². The average molecular weight is 455 g/mol. The lowest BCUT2D eigenvalue weighted by atomic mass is 10.1. The molecule has 1 aromatic heterocycles. The molecule has 0 atom stereocenters. The molecule has 0 unspecified atom stereocenters. The number of benzene rings is 2. The Morgan fingerprint density at radius 2 is 1.62 bits per heavy atom. The van der Waals surface area contributed by atoms with Gasteiger partial charge in [-0.3, -0.25) is 9.59 Å². The number of sulfone groups is 1. The van der Waals surface area contributed by atoms with E-state index in [4.69, 9.17) is 4.74 Å². The van der Waals surface area contributed by atoms with Crippen LogP contribution in [0.1, 0.15) is 22.4 Å². The minimum absolute atomic E-state index is 0.0160. The summed E-state index contributed by atoms with van der Waals surface area (Å²) in [6.45, 7) is 5.27. The van der Waals surface area contributed by atoms with Crippen LogP contribution in [0.5, 0.6) is 5.75 Å². The minimum Gasteiger partial charge on any atom is -0.497 e. The Bertz CT molecular complexity index is 1290. The zero-order valence-electron chi connectivity index (χ0n) is 18.5. The summed E-state index contributed by atoms with van der Waals surface area (Å²) >= 11 is 0. The van der Waals surface area contributed by atoms with Crippen molar-refractivity contribution < 1.29 is 17.9 Å². The van der Waals surface area contributed by atoms with E-state index in [2.05, 4.69) is 5.32 Å². The Kier molecular flexibility index (Phi) is 6.84. The lowest BCUT2D eigenvalue weighted by molar-refractivity contribution is -0.121. The van der Waals surface area contributed by atoms with Crippen molar-refractivity contribution in [1.82, 2.24) is 9.88 Å². The number of hydrogen-bond acceptors (Lipinski definition) is 5. The molecule has 32 heavy (non-hydrogen) atoms. The molecular weight excluding hydrogens is 428 g/mol. The molecule has 168 valence electrons. The van der Waals surface area contributed by atoms with Gasteiger partial charge in [0, 0.05) is 12.2 Å². The second-order valence-electron chi connectivity index (χ2n) is 7.63. The summed E-state index contributed by atoms with van der Waals surface area (Å²) in [5, 5.41) is 2.78. The fraction of sp³-hybridized carbons (Fsp3) is 0.250. The molecule has 3 rings (SSSR count). The van der Waals surface area contributed by atoms with Crippen LogP contribution >= 0.6 is 0 Å². The van der Waals surface area contributed by atoms with Crippen molar-refractivity contribution in [1.29, 1.82) is 0 Å². The van der Waals surface area contributed by atoms with E-state index in [9.17, 15) is 18.0 Å². The van der Waals surface area contributed by atoms with Crippen LogP contribution in [0.2, 0.25) is 0 Å². The maximum Gasteiger partial charge on any atom is 0.270 e. The van der Waals surface area contributed by atoms with Crippen molar-refractivity contribution in [3.05, 3.63) is 87.3 Å². The molecule has 3 aromatic rings. The largest absolute Gasteiger partial charge is 0.497 e. The highest BCUT2D eigenvalue weighted by atomic mass is 32.2. The van der Waals surface area contributed by atoms with Crippen LogP contribution in [0.4, 0.5) is 0 Å². The highest BCUT2D eigenvalue weighted by molar-refractivity contribution is 7.91. The number of carbonyl (C=O) groups is 1. The van der Waals surface area contributed by atoms with Crippen LogP contribution in [-0.2, 0) is 27.7 Å². The number of amides is 1. The Balaban J connectivity index is 1.89. The van der Waals surface area contributed by atoms with Crippen LogP contribution in [0.3, 0.4) is 0 Å². The Morgan fingerprint density at radius 1 is 1.00 bits per heavy atom. The Hall–Kier alpha value is -3.39. The van der Waals surface area contributed by atoms with Gasteiger partial charge in [-0.25, -0.2) is 8.42 Å². The van der Waals surface area contributed by atoms with E-state index in [1.807, 2.05) is 31.2 Å². The minimum atomic E-state index is -4.08. The summed E-state index contributed by atoms with van der Waals surface area (Å²) in [6, 6.07) is 15.2. The molecule has 1 N–H and O–H groups in total. The summed E-state index contributed by atoms with van der Waals surface area (Å²) in [6.07, 6.45) is 0. The molecule has 0 radical (unpaired) electrons. The molecular formula is C24H26N2O5S. The van der Waals surface area contributed by atoms with Gasteiger partial charge in [-0.05, 0) is 62.2 Å². The lowest BCUT2D eigenvalue weighted by Gasteiger charge is -2.15. The fourth-order valence-corrected chi connectivity index (χ4v) is 4.96. The molecule has 1 amide bonds. The van der Waals surface area contributed by atoms with Gasteiger partial charge in [0.15, 0.2) is 0 Å². The van der Waals surface area contributed by atoms with Crippen molar-refractivity contribution >= 4 is 15.7 Å². The van der Waals surface area contributed by atoms with Gasteiger partial charge >= 0.3 is 0 Å². The van der Waals surface area contributed by atoms with Crippen molar-refractivity contribution in [2.75, 3.05) is 7.11 Å². The summed E-state index contributed by atoms with van der Waals surface area (Å²) in [5.41, 5.74) is 2.17. The van der Waals surface area contributed by atoms with Crippen molar-refractivity contribution in [3.63, 3.8) is 0 Å². The molecule has 7 nitrogen and oxygen atoms in total. The first kappa shape index (κ1) is 23.3. The van der Waals surface area contributed by atoms with Crippen LogP contribution in [-0.4, -0.2) is 26.0 Å². The lowest BCUT2D eigenvalue weighted by Crippen LogP contribution is -2.35. The Labute approximate surface area is 187 Å². The predicted molar refractivity (Wildman–Crippen MR) is 122 cm³/mol. The first-order valence-corrected chi connectivity index (χ1v) is 11.5. The van der Waals surface area contributed by atoms with Crippen molar-refractivity contribution in [2.24, 2.45) is 0 Å². The molecule has 1 heterocycles. The van der Waals surface area contributed by atoms with Crippen LogP contribution in [0, 0.1) is 20.8 Å². The number of nitrogens with zero attached hydrogens (tertiary/aromatic N) is 1. The van der Waals surface area contributed by atoms with Crippen LogP contribution in [0.15, 0.2) is 69.2 Å². The molecule has 0 aliphatic rings. The molecule has 0 bridgehead atoms. The van der Waals surface area contributed by atoms with E-state index in [0.717, 1.165) is 11.1 Å². The van der Waals surface area contributed by atoms with Gasteiger partial charge in [0.1, 0.15) is 17.2 Å². The highest BCUT2D eigenvalue weighted by Gasteiger charge is 2.26. The SMILES string of the molecule is COc1ccc(S(=O)(=O)c2c(C)cc(C)n(CC(=O)NCc3ccc(C)cc3)c2=O)cc1. The van der Waals surface area contributed by atoms with Gasteiger partial charge in [-0.1, -0.05) is 29.8 Å².